The molecule has 1 aromatic heterocycles. The van der Waals surface area contributed by atoms with Gasteiger partial charge in [0, 0.05) is 32.9 Å². The number of carbonyl (C=O) groups is 2. The summed E-state index contributed by atoms with van der Waals surface area (Å²) in [5.41, 5.74) is 1.57. The van der Waals surface area contributed by atoms with Gasteiger partial charge in [-0.15, -0.1) is 0 Å². The van der Waals surface area contributed by atoms with Crippen molar-refractivity contribution < 1.29 is 14.7 Å². The lowest BCUT2D eigenvalue weighted by atomic mass is 10.0. The molecule has 1 aromatic carbocycles. The number of hydrogen-bond donors (Lipinski definition) is 2. The summed E-state index contributed by atoms with van der Waals surface area (Å²) in [6.07, 6.45) is 3.35. The van der Waals surface area contributed by atoms with Crippen LogP contribution in [0.2, 0.25) is 0 Å². The van der Waals surface area contributed by atoms with Gasteiger partial charge in [0.15, 0.2) is 0 Å². The summed E-state index contributed by atoms with van der Waals surface area (Å²) in [5.74, 6) is -0.622. The van der Waals surface area contributed by atoms with Crippen LogP contribution in [0, 0.1) is 0 Å². The average molecular weight is 382 g/mol. The van der Waals surface area contributed by atoms with Crippen molar-refractivity contribution in [2.24, 2.45) is 0 Å². The van der Waals surface area contributed by atoms with E-state index in [9.17, 15) is 14.7 Å². The van der Waals surface area contributed by atoms with E-state index in [2.05, 4.69) is 15.2 Å². The van der Waals surface area contributed by atoms with E-state index in [-0.39, 0.29) is 30.4 Å². The molecule has 2 amide bonds. The van der Waals surface area contributed by atoms with Gasteiger partial charge >= 0.3 is 0 Å². The highest BCUT2D eigenvalue weighted by Crippen LogP contribution is 2.23. The molecule has 0 bridgehead atoms. The van der Waals surface area contributed by atoms with Crippen molar-refractivity contribution in [2.45, 2.75) is 25.0 Å². The summed E-state index contributed by atoms with van der Waals surface area (Å²) < 4.78 is 0. The van der Waals surface area contributed by atoms with Gasteiger partial charge in [-0.25, -0.2) is 0 Å². The largest absolute Gasteiger partial charge is 0.392 e. The fourth-order valence-corrected chi connectivity index (χ4v) is 3.43. The van der Waals surface area contributed by atoms with E-state index in [0.717, 1.165) is 18.5 Å². The number of aromatic nitrogens is 1. The molecule has 0 radical (unpaired) electrons. The van der Waals surface area contributed by atoms with Crippen molar-refractivity contribution in [3.63, 3.8) is 0 Å². The van der Waals surface area contributed by atoms with Crippen molar-refractivity contribution in [1.29, 1.82) is 0 Å². The Morgan fingerprint density at radius 1 is 1.29 bits per heavy atom. The number of hydrogen-bond acceptors (Lipinski definition) is 5. The fourth-order valence-electron chi connectivity index (χ4n) is 3.43. The van der Waals surface area contributed by atoms with Crippen LogP contribution in [0.4, 0.5) is 5.69 Å². The molecule has 0 saturated carbocycles. The standard InChI is InChI=1S/C21H26N4O3/c1-24(21(28)12-20(27)23-17-8-5-10-22-13-17)19(16-6-3-2-4-7-16)15-25-11-9-18(26)14-25/h2-8,10,13,18-19,26H,9,11-12,14-15H2,1H3,(H,23,27)/t18-,19+/m0/s1. The van der Waals surface area contributed by atoms with Gasteiger partial charge in [-0.2, -0.15) is 0 Å². The number of aliphatic hydroxyl groups is 1. The molecular weight excluding hydrogens is 356 g/mol. The average Bonchev–Trinajstić information content (AvgIpc) is 3.12. The number of nitrogens with zero attached hydrogens (tertiary/aromatic N) is 3. The van der Waals surface area contributed by atoms with Crippen LogP contribution in [0.1, 0.15) is 24.4 Å². The number of likely N-dealkylation sites (N-methyl/N-ethyl adjacent to an activating group) is 1. The van der Waals surface area contributed by atoms with E-state index < -0.39 is 0 Å². The molecule has 7 nitrogen and oxygen atoms in total. The number of amides is 2. The maximum atomic E-state index is 12.8. The Kier molecular flexibility index (Phi) is 6.73. The third kappa shape index (κ3) is 5.37. The number of nitrogens with one attached hydrogen (secondary N) is 1. The molecule has 1 aliphatic rings. The Morgan fingerprint density at radius 3 is 2.71 bits per heavy atom. The molecule has 0 aliphatic carbocycles. The molecule has 148 valence electrons. The summed E-state index contributed by atoms with van der Waals surface area (Å²) in [5, 5.41) is 12.5. The van der Waals surface area contributed by atoms with Crippen LogP contribution in [0.5, 0.6) is 0 Å². The predicted octanol–water partition coefficient (Wildman–Crippen LogP) is 1.68. The lowest BCUT2D eigenvalue weighted by Crippen LogP contribution is -2.40. The second-order valence-corrected chi connectivity index (χ2v) is 7.10. The molecular formula is C21H26N4O3. The predicted molar refractivity (Wildman–Crippen MR) is 107 cm³/mol. The van der Waals surface area contributed by atoms with Gasteiger partial charge in [0.25, 0.3) is 0 Å². The number of rotatable bonds is 7. The molecule has 28 heavy (non-hydrogen) atoms. The number of benzene rings is 1. The van der Waals surface area contributed by atoms with Crippen LogP contribution >= 0.6 is 0 Å². The molecule has 2 atom stereocenters. The van der Waals surface area contributed by atoms with E-state index in [1.165, 1.54) is 6.20 Å². The van der Waals surface area contributed by atoms with Crippen molar-refractivity contribution in [3.8, 4) is 0 Å². The molecule has 2 N–H and O–H groups in total. The lowest BCUT2D eigenvalue weighted by molar-refractivity contribution is -0.135. The van der Waals surface area contributed by atoms with Crippen molar-refractivity contribution in [1.82, 2.24) is 14.8 Å². The molecule has 0 spiro atoms. The topological polar surface area (TPSA) is 85.8 Å². The molecule has 2 heterocycles. The van der Waals surface area contributed by atoms with E-state index >= 15 is 0 Å². The van der Waals surface area contributed by atoms with Gasteiger partial charge in [0.05, 0.1) is 24.0 Å². The molecule has 1 aliphatic heterocycles. The molecule has 3 rings (SSSR count). The van der Waals surface area contributed by atoms with Gasteiger partial charge in [-0.1, -0.05) is 30.3 Å². The van der Waals surface area contributed by atoms with E-state index in [0.29, 0.717) is 18.8 Å². The Bertz CT molecular complexity index is 785. The zero-order chi connectivity index (χ0) is 19.9. The van der Waals surface area contributed by atoms with Crippen molar-refractivity contribution in [3.05, 3.63) is 60.4 Å². The number of likely N-dealkylation sites (tertiary alicyclic amines) is 1. The quantitative estimate of drug-likeness (QED) is 0.712. The zero-order valence-corrected chi connectivity index (χ0v) is 16.0. The molecule has 2 aromatic rings. The molecule has 1 saturated heterocycles. The van der Waals surface area contributed by atoms with Gasteiger partial charge in [-0.05, 0) is 24.1 Å². The van der Waals surface area contributed by atoms with Gasteiger partial charge in [0.2, 0.25) is 11.8 Å². The van der Waals surface area contributed by atoms with Crippen LogP contribution in [-0.4, -0.2) is 64.5 Å². The Labute approximate surface area is 165 Å². The van der Waals surface area contributed by atoms with Gasteiger partial charge < -0.3 is 15.3 Å². The van der Waals surface area contributed by atoms with Crippen molar-refractivity contribution in [2.75, 3.05) is 32.0 Å². The minimum absolute atomic E-state index is 0.190. The number of β-amino-alcohol motifs (C(OH)–C–C–N with tert-alkyl or cyclic N) is 1. The first kappa shape index (κ1) is 20.0. The molecule has 1 fully saturated rings. The summed E-state index contributed by atoms with van der Waals surface area (Å²) in [6, 6.07) is 13.0. The van der Waals surface area contributed by atoms with Gasteiger partial charge in [-0.3, -0.25) is 19.5 Å². The summed E-state index contributed by atoms with van der Waals surface area (Å²) in [6.45, 7) is 2.02. The monoisotopic (exact) mass is 382 g/mol. The minimum atomic E-state index is -0.367. The Hall–Kier alpha value is -2.77. The third-order valence-corrected chi connectivity index (χ3v) is 4.98. The van der Waals surface area contributed by atoms with E-state index in [1.54, 1.807) is 30.3 Å². The minimum Gasteiger partial charge on any atom is -0.392 e. The third-order valence-electron chi connectivity index (χ3n) is 4.98. The van der Waals surface area contributed by atoms with E-state index in [1.807, 2.05) is 30.3 Å². The van der Waals surface area contributed by atoms with Crippen LogP contribution in [0.25, 0.3) is 0 Å². The summed E-state index contributed by atoms with van der Waals surface area (Å²) in [7, 11) is 1.73. The first-order chi connectivity index (χ1) is 13.5. The highest BCUT2D eigenvalue weighted by atomic mass is 16.3. The van der Waals surface area contributed by atoms with Crippen LogP contribution in [0.3, 0.4) is 0 Å². The maximum Gasteiger partial charge on any atom is 0.233 e. The first-order valence-electron chi connectivity index (χ1n) is 9.44. The number of aliphatic hydroxyl groups excluding tert-OH is 1. The second-order valence-electron chi connectivity index (χ2n) is 7.10. The second kappa shape index (κ2) is 9.43. The smallest absolute Gasteiger partial charge is 0.233 e. The highest BCUT2D eigenvalue weighted by Gasteiger charge is 2.28. The first-order valence-corrected chi connectivity index (χ1v) is 9.44. The maximum absolute atomic E-state index is 12.8. The molecule has 7 heteroatoms. The SMILES string of the molecule is CN(C(=O)CC(=O)Nc1cccnc1)[C@H](CN1CC[C@H](O)C1)c1ccccc1. The van der Waals surface area contributed by atoms with Crippen LogP contribution < -0.4 is 5.32 Å². The number of carbonyl (C=O) groups excluding carboxylic acids is 2. The highest BCUT2D eigenvalue weighted by molar-refractivity contribution is 6.03. The van der Waals surface area contributed by atoms with Crippen LogP contribution in [0.15, 0.2) is 54.9 Å². The van der Waals surface area contributed by atoms with E-state index in [4.69, 9.17) is 0 Å². The fraction of sp³-hybridized carbons (Fsp3) is 0.381. The summed E-state index contributed by atoms with van der Waals surface area (Å²) in [4.78, 5) is 32.8. The Balaban J connectivity index is 1.66. The normalized spacial score (nSPS) is 17.9. The summed E-state index contributed by atoms with van der Waals surface area (Å²) >= 11 is 0. The van der Waals surface area contributed by atoms with Crippen molar-refractivity contribution >= 4 is 17.5 Å². The Morgan fingerprint density at radius 2 is 2.07 bits per heavy atom. The van der Waals surface area contributed by atoms with Crippen LogP contribution in [-0.2, 0) is 9.59 Å². The number of pyridine rings is 1. The van der Waals surface area contributed by atoms with Gasteiger partial charge in [0.1, 0.15) is 6.42 Å². The lowest BCUT2D eigenvalue weighted by Gasteiger charge is -2.32. The zero-order valence-electron chi connectivity index (χ0n) is 16.0. The number of anilines is 1. The molecule has 0 unspecified atom stereocenters.